The number of ether oxygens (including phenoxy) is 1. The average molecular weight is 305 g/mol. The Bertz CT molecular complexity index is 564. The van der Waals surface area contributed by atoms with Crippen LogP contribution in [0.1, 0.15) is 15.9 Å². The first kappa shape index (κ1) is 12.8. The van der Waals surface area contributed by atoms with Crippen LogP contribution >= 0.6 is 15.9 Å². The number of methoxy groups -OCH3 is 1. The van der Waals surface area contributed by atoms with Crippen LogP contribution in [-0.2, 0) is 6.42 Å². The fourth-order valence-corrected chi connectivity index (χ4v) is 2.31. The summed E-state index contributed by atoms with van der Waals surface area (Å²) in [6, 6.07) is 15.0. The van der Waals surface area contributed by atoms with Gasteiger partial charge in [0.2, 0.25) is 0 Å². The summed E-state index contributed by atoms with van der Waals surface area (Å²) in [5.74, 6) is 0.824. The highest BCUT2D eigenvalue weighted by Gasteiger charge is 2.12. The second-order valence-electron chi connectivity index (χ2n) is 3.89. The Morgan fingerprint density at radius 2 is 1.78 bits per heavy atom. The zero-order chi connectivity index (χ0) is 13.0. The molecule has 0 N–H and O–H groups in total. The zero-order valence-electron chi connectivity index (χ0n) is 10.0. The molecule has 0 bridgehead atoms. The van der Waals surface area contributed by atoms with Gasteiger partial charge in [-0.05, 0) is 12.1 Å². The minimum absolute atomic E-state index is 0.0759. The Kier molecular flexibility index (Phi) is 4.15. The fraction of sp³-hybridized carbons (Fsp3) is 0.133. The lowest BCUT2D eigenvalue weighted by Gasteiger charge is -2.08. The van der Waals surface area contributed by atoms with E-state index in [0.717, 1.165) is 15.8 Å². The summed E-state index contributed by atoms with van der Waals surface area (Å²) in [7, 11) is 1.61. The molecule has 0 saturated carbocycles. The third-order valence-electron chi connectivity index (χ3n) is 2.72. The molecule has 2 aromatic carbocycles. The minimum atomic E-state index is 0.0759. The first-order chi connectivity index (χ1) is 8.72. The van der Waals surface area contributed by atoms with Crippen molar-refractivity contribution in [1.29, 1.82) is 0 Å². The minimum Gasteiger partial charge on any atom is -0.496 e. The van der Waals surface area contributed by atoms with Crippen molar-refractivity contribution in [3.8, 4) is 5.75 Å². The van der Waals surface area contributed by atoms with Crippen molar-refractivity contribution in [2.24, 2.45) is 0 Å². The molecule has 0 saturated heterocycles. The number of Topliss-reactive ketones (excluding diaryl/α,β-unsaturated/α-hetero) is 1. The first-order valence-corrected chi connectivity index (χ1v) is 6.41. The van der Waals surface area contributed by atoms with Gasteiger partial charge in [0.15, 0.2) is 5.78 Å². The largest absolute Gasteiger partial charge is 0.496 e. The summed E-state index contributed by atoms with van der Waals surface area (Å²) in [6.07, 6.45) is 0.340. The van der Waals surface area contributed by atoms with Gasteiger partial charge in [0.05, 0.1) is 7.11 Å². The van der Waals surface area contributed by atoms with Crippen LogP contribution in [-0.4, -0.2) is 12.9 Å². The zero-order valence-corrected chi connectivity index (χ0v) is 11.6. The van der Waals surface area contributed by atoms with Gasteiger partial charge in [0, 0.05) is 22.0 Å². The van der Waals surface area contributed by atoms with Gasteiger partial charge >= 0.3 is 0 Å². The molecule has 0 aromatic heterocycles. The van der Waals surface area contributed by atoms with Crippen molar-refractivity contribution in [2.45, 2.75) is 6.42 Å². The predicted molar refractivity (Wildman–Crippen MR) is 75.2 cm³/mol. The molecule has 0 radical (unpaired) electrons. The summed E-state index contributed by atoms with van der Waals surface area (Å²) in [6.45, 7) is 0. The monoisotopic (exact) mass is 304 g/mol. The van der Waals surface area contributed by atoms with E-state index in [1.54, 1.807) is 7.11 Å². The maximum Gasteiger partial charge on any atom is 0.168 e. The van der Waals surface area contributed by atoms with Gasteiger partial charge in [-0.25, -0.2) is 0 Å². The summed E-state index contributed by atoms with van der Waals surface area (Å²) in [5, 5.41) is 0. The van der Waals surface area contributed by atoms with Crippen molar-refractivity contribution >= 4 is 21.7 Å². The van der Waals surface area contributed by atoms with Crippen molar-refractivity contribution in [3.63, 3.8) is 0 Å². The quantitative estimate of drug-likeness (QED) is 0.801. The Hall–Kier alpha value is -1.61. The summed E-state index contributed by atoms with van der Waals surface area (Å²) in [5.41, 5.74) is 1.60. The third kappa shape index (κ3) is 2.79. The Labute approximate surface area is 115 Å². The lowest BCUT2D eigenvalue weighted by Crippen LogP contribution is -2.05. The second-order valence-corrected chi connectivity index (χ2v) is 4.75. The highest BCUT2D eigenvalue weighted by atomic mass is 79.9. The molecule has 0 aliphatic rings. The van der Waals surface area contributed by atoms with Gasteiger partial charge in [0.25, 0.3) is 0 Å². The van der Waals surface area contributed by atoms with Crippen molar-refractivity contribution in [1.82, 2.24) is 0 Å². The molecule has 0 fully saturated rings. The van der Waals surface area contributed by atoms with Crippen LogP contribution in [0.25, 0.3) is 0 Å². The normalized spacial score (nSPS) is 10.1. The van der Waals surface area contributed by atoms with E-state index in [-0.39, 0.29) is 5.78 Å². The van der Waals surface area contributed by atoms with Crippen LogP contribution in [0.4, 0.5) is 0 Å². The summed E-state index contributed by atoms with van der Waals surface area (Å²) in [4.78, 5) is 12.2. The van der Waals surface area contributed by atoms with Gasteiger partial charge in [-0.2, -0.15) is 0 Å². The van der Waals surface area contributed by atoms with Crippen molar-refractivity contribution in [2.75, 3.05) is 7.11 Å². The van der Waals surface area contributed by atoms with Crippen LogP contribution in [0.15, 0.2) is 53.0 Å². The van der Waals surface area contributed by atoms with Crippen LogP contribution in [0.2, 0.25) is 0 Å². The topological polar surface area (TPSA) is 26.3 Å². The molecule has 0 heterocycles. The highest BCUT2D eigenvalue weighted by Crippen LogP contribution is 2.22. The van der Waals surface area contributed by atoms with E-state index in [0.29, 0.717) is 12.0 Å². The van der Waals surface area contributed by atoms with Gasteiger partial charge in [-0.15, -0.1) is 0 Å². The number of carbonyl (C=O) groups excluding carboxylic acids is 1. The number of rotatable bonds is 4. The average Bonchev–Trinajstić information content (AvgIpc) is 2.39. The molecule has 3 heteroatoms. The van der Waals surface area contributed by atoms with E-state index in [1.165, 1.54) is 0 Å². The van der Waals surface area contributed by atoms with Crippen LogP contribution < -0.4 is 4.74 Å². The van der Waals surface area contributed by atoms with Crippen molar-refractivity contribution < 1.29 is 9.53 Å². The molecular weight excluding hydrogens is 292 g/mol. The van der Waals surface area contributed by atoms with Crippen LogP contribution in [0.5, 0.6) is 5.75 Å². The van der Waals surface area contributed by atoms with Gasteiger partial charge in [0.1, 0.15) is 5.75 Å². The SMILES string of the molecule is COc1ccccc1CC(=O)c1ccccc1Br. The number of para-hydroxylation sites is 1. The van der Waals surface area contributed by atoms with E-state index in [4.69, 9.17) is 4.74 Å². The maximum atomic E-state index is 12.2. The smallest absolute Gasteiger partial charge is 0.168 e. The lowest BCUT2D eigenvalue weighted by molar-refractivity contribution is 0.0991. The van der Waals surface area contributed by atoms with E-state index in [1.807, 2.05) is 48.5 Å². The summed E-state index contributed by atoms with van der Waals surface area (Å²) >= 11 is 3.39. The van der Waals surface area contributed by atoms with E-state index in [2.05, 4.69) is 15.9 Å². The highest BCUT2D eigenvalue weighted by molar-refractivity contribution is 9.10. The number of carbonyl (C=O) groups is 1. The molecule has 2 nitrogen and oxygen atoms in total. The van der Waals surface area contributed by atoms with E-state index in [9.17, 15) is 4.79 Å². The van der Waals surface area contributed by atoms with E-state index >= 15 is 0 Å². The molecule has 0 aliphatic heterocycles. The number of hydrogen-bond donors (Lipinski definition) is 0. The van der Waals surface area contributed by atoms with E-state index < -0.39 is 0 Å². The number of benzene rings is 2. The molecule has 18 heavy (non-hydrogen) atoms. The predicted octanol–water partition coefficient (Wildman–Crippen LogP) is 3.88. The Morgan fingerprint density at radius 1 is 1.11 bits per heavy atom. The maximum absolute atomic E-state index is 12.2. The van der Waals surface area contributed by atoms with Gasteiger partial charge < -0.3 is 4.74 Å². The number of ketones is 1. The molecule has 0 aliphatic carbocycles. The van der Waals surface area contributed by atoms with Crippen LogP contribution in [0, 0.1) is 0 Å². The molecule has 0 amide bonds. The fourth-order valence-electron chi connectivity index (χ4n) is 1.80. The van der Waals surface area contributed by atoms with Gasteiger partial charge in [-0.1, -0.05) is 52.3 Å². The molecule has 0 atom stereocenters. The molecular formula is C15H13BrO2. The second kappa shape index (κ2) is 5.83. The van der Waals surface area contributed by atoms with Crippen LogP contribution in [0.3, 0.4) is 0 Å². The molecule has 2 aromatic rings. The standard InChI is InChI=1S/C15H13BrO2/c1-18-15-9-5-2-6-11(15)10-14(17)12-7-3-4-8-13(12)16/h2-9H,10H2,1H3. The van der Waals surface area contributed by atoms with Crippen molar-refractivity contribution in [3.05, 3.63) is 64.1 Å². The molecule has 0 spiro atoms. The lowest BCUT2D eigenvalue weighted by atomic mass is 10.0. The molecule has 0 unspecified atom stereocenters. The molecule has 2 rings (SSSR count). The first-order valence-electron chi connectivity index (χ1n) is 5.62. The number of halogens is 1. The third-order valence-corrected chi connectivity index (χ3v) is 3.41. The Balaban J connectivity index is 2.24. The Morgan fingerprint density at radius 3 is 2.50 bits per heavy atom. The summed E-state index contributed by atoms with van der Waals surface area (Å²) < 4.78 is 6.07. The molecule has 92 valence electrons. The van der Waals surface area contributed by atoms with Gasteiger partial charge in [-0.3, -0.25) is 4.79 Å². The number of hydrogen-bond acceptors (Lipinski definition) is 2.